The van der Waals surface area contributed by atoms with Crippen LogP contribution in [0.15, 0.2) is 0 Å². The molecular formula is C43H90O14S3Zn-2. The van der Waals surface area contributed by atoms with Gasteiger partial charge in [0.25, 0.3) is 10.1 Å². The molecule has 0 aliphatic heterocycles. The van der Waals surface area contributed by atoms with Gasteiger partial charge in [-0.2, -0.15) is 8.42 Å². The van der Waals surface area contributed by atoms with E-state index in [9.17, 15) is 34.4 Å². The largest absolute Gasteiger partial charge is 0.726 e. The molecule has 0 saturated carbocycles. The molecular weight excluding hydrogens is 902 g/mol. The minimum Gasteiger partial charge on any atom is -0.726 e. The van der Waals surface area contributed by atoms with Gasteiger partial charge < -0.3 is 23.3 Å². The predicted molar refractivity (Wildman–Crippen MR) is 240 cm³/mol. The van der Waals surface area contributed by atoms with Crippen molar-refractivity contribution in [1.82, 2.24) is 0 Å². The van der Waals surface area contributed by atoms with Gasteiger partial charge in [-0.25, -0.2) is 16.8 Å². The van der Waals surface area contributed by atoms with E-state index in [1.165, 1.54) is 161 Å². The van der Waals surface area contributed by atoms with Crippen molar-refractivity contribution in [2.75, 3.05) is 65.7 Å². The van der Waals surface area contributed by atoms with Crippen LogP contribution in [0.4, 0.5) is 0 Å². The minimum absolute atomic E-state index is 0. The van der Waals surface area contributed by atoms with E-state index >= 15 is 0 Å². The average molecular weight is 993 g/mol. The standard InChI is InChI=1S/C15H32O4S.2C14H30O5S.Zn/c1-3-4-5-6-7-8-9-10-11-12-13-18-14-15-19-20(2,16)17;2*1-2-3-4-5-6-7-8-9-10-11-12-18-13-14-19-20(15,16)17;/h3-15H2,1-2H3;2*2-14H2,1H3,(H,15,16,17);/p-2. The van der Waals surface area contributed by atoms with Crippen LogP contribution in [0, 0.1) is 0 Å². The van der Waals surface area contributed by atoms with E-state index in [0.29, 0.717) is 26.4 Å². The third-order valence-electron chi connectivity index (χ3n) is 9.36. The maximum Gasteiger partial charge on any atom is 0.264 e. The second-order valence-electron chi connectivity index (χ2n) is 15.4. The van der Waals surface area contributed by atoms with Crippen molar-refractivity contribution in [3.8, 4) is 0 Å². The number of hydrogen-bond donors (Lipinski definition) is 0. The number of ether oxygens (including phenoxy) is 3. The second-order valence-corrected chi connectivity index (χ2v) is 19.1. The topological polar surface area (TPSA) is 204 Å². The summed E-state index contributed by atoms with van der Waals surface area (Å²) in [7, 11) is -12.5. The third kappa shape index (κ3) is 77.7. The van der Waals surface area contributed by atoms with Crippen LogP contribution in [0.1, 0.15) is 213 Å². The van der Waals surface area contributed by atoms with Crippen LogP contribution in [-0.4, -0.2) is 100 Å². The van der Waals surface area contributed by atoms with Crippen molar-refractivity contribution in [1.29, 1.82) is 0 Å². The van der Waals surface area contributed by atoms with Crippen molar-refractivity contribution >= 4 is 30.9 Å². The molecule has 0 atom stereocenters. The summed E-state index contributed by atoms with van der Waals surface area (Å²) >= 11 is 0. The molecule has 0 aliphatic rings. The third-order valence-corrected chi connectivity index (χ3v) is 10.9. The Balaban J connectivity index is -0.000000396. The monoisotopic (exact) mass is 990 g/mol. The van der Waals surface area contributed by atoms with Crippen LogP contribution < -0.4 is 0 Å². The Labute approximate surface area is 388 Å². The molecule has 0 aromatic carbocycles. The van der Waals surface area contributed by atoms with Crippen LogP contribution in [0.2, 0.25) is 0 Å². The smallest absolute Gasteiger partial charge is 0.264 e. The summed E-state index contributed by atoms with van der Waals surface area (Å²) in [5, 5.41) is 0. The maximum absolute atomic E-state index is 10.7. The normalized spacial score (nSPS) is 11.7. The zero-order valence-electron chi connectivity index (χ0n) is 39.2. The van der Waals surface area contributed by atoms with Gasteiger partial charge in [-0.15, -0.1) is 0 Å². The maximum atomic E-state index is 10.7. The summed E-state index contributed by atoms with van der Waals surface area (Å²) in [5.74, 6) is 0. The van der Waals surface area contributed by atoms with E-state index in [1.807, 2.05) is 0 Å². The zero-order valence-corrected chi connectivity index (χ0v) is 44.6. The van der Waals surface area contributed by atoms with Gasteiger partial charge in [0.15, 0.2) is 0 Å². The van der Waals surface area contributed by atoms with Crippen molar-refractivity contribution in [2.24, 2.45) is 0 Å². The fourth-order valence-electron chi connectivity index (χ4n) is 6.02. The minimum atomic E-state index is -4.57. The molecule has 0 bridgehead atoms. The van der Waals surface area contributed by atoms with Gasteiger partial charge in [0.05, 0.1) is 45.9 Å². The van der Waals surface area contributed by atoms with E-state index in [0.717, 1.165) is 38.4 Å². The molecule has 0 unspecified atom stereocenters. The Hall–Kier alpha value is 0.153. The summed E-state index contributed by atoms with van der Waals surface area (Å²) in [4.78, 5) is 0. The second kappa shape index (κ2) is 52.8. The van der Waals surface area contributed by atoms with Gasteiger partial charge in [-0.3, -0.25) is 12.5 Å². The molecule has 0 N–H and O–H groups in total. The van der Waals surface area contributed by atoms with Gasteiger partial charge in [-0.1, -0.05) is 194 Å². The van der Waals surface area contributed by atoms with E-state index in [-0.39, 0.29) is 52.5 Å². The summed E-state index contributed by atoms with van der Waals surface area (Å²) in [5.41, 5.74) is 0. The number of rotatable bonds is 45. The molecule has 0 amide bonds. The molecule has 61 heavy (non-hydrogen) atoms. The van der Waals surface area contributed by atoms with Gasteiger partial charge in [0.1, 0.15) is 0 Å². The molecule has 0 saturated heterocycles. The van der Waals surface area contributed by atoms with E-state index in [1.54, 1.807) is 0 Å². The molecule has 0 rings (SSSR count). The van der Waals surface area contributed by atoms with Crippen molar-refractivity contribution in [3.63, 3.8) is 0 Å². The van der Waals surface area contributed by atoms with Crippen molar-refractivity contribution in [2.45, 2.75) is 213 Å². The van der Waals surface area contributed by atoms with Gasteiger partial charge >= 0.3 is 0 Å². The predicted octanol–water partition coefficient (Wildman–Crippen LogP) is 10.7. The molecule has 0 aliphatic carbocycles. The quantitative estimate of drug-likeness (QED) is 0.0183. The fraction of sp³-hybridized carbons (Fsp3) is 1.00. The summed E-state index contributed by atoms with van der Waals surface area (Å²) < 4.78 is 110. The fourth-order valence-corrected chi connectivity index (χ4v) is 6.93. The summed E-state index contributed by atoms with van der Waals surface area (Å²) in [6, 6.07) is 0. The number of hydrogen-bond acceptors (Lipinski definition) is 14. The van der Waals surface area contributed by atoms with Crippen molar-refractivity contribution < 1.29 is 80.6 Å². The Kier molecular flexibility index (Phi) is 58.6. The van der Waals surface area contributed by atoms with Gasteiger partial charge in [0, 0.05) is 39.3 Å². The molecule has 14 nitrogen and oxygen atoms in total. The van der Waals surface area contributed by atoms with E-state index < -0.39 is 30.9 Å². The first-order chi connectivity index (χ1) is 28.7. The molecule has 0 aromatic heterocycles. The molecule has 368 valence electrons. The van der Waals surface area contributed by atoms with Crippen LogP contribution in [0.3, 0.4) is 0 Å². The average Bonchev–Trinajstić information content (AvgIpc) is 3.17. The molecule has 18 heteroatoms. The van der Waals surface area contributed by atoms with Crippen LogP contribution in [0.5, 0.6) is 0 Å². The Morgan fingerprint density at radius 3 is 0.689 bits per heavy atom. The summed E-state index contributed by atoms with van der Waals surface area (Å²) in [6.07, 6.45) is 39.4. The van der Waals surface area contributed by atoms with E-state index in [4.69, 9.17) is 14.2 Å². The van der Waals surface area contributed by atoms with Gasteiger partial charge in [-0.05, 0) is 19.3 Å². The molecule has 0 fully saturated rings. The van der Waals surface area contributed by atoms with Crippen LogP contribution >= 0.6 is 0 Å². The van der Waals surface area contributed by atoms with Crippen LogP contribution in [-0.2, 0) is 77.2 Å². The van der Waals surface area contributed by atoms with Crippen molar-refractivity contribution in [3.05, 3.63) is 0 Å². The first-order valence-corrected chi connectivity index (χ1v) is 27.9. The molecule has 0 aromatic rings. The Bertz CT molecular complexity index is 1020. The first-order valence-electron chi connectivity index (χ1n) is 23.5. The van der Waals surface area contributed by atoms with E-state index in [2.05, 4.69) is 33.3 Å². The van der Waals surface area contributed by atoms with Gasteiger partial charge in [0.2, 0.25) is 20.8 Å². The molecule has 0 spiro atoms. The number of unbranched alkanes of at least 4 members (excludes halogenated alkanes) is 27. The van der Waals surface area contributed by atoms with Crippen LogP contribution in [0.25, 0.3) is 0 Å². The Morgan fingerprint density at radius 1 is 0.295 bits per heavy atom. The SMILES string of the molecule is CCCCCCCCCCCCOCCOS(=O)(=O)[O-].CCCCCCCCCCCCOCCOS(=O)(=O)[O-].CCCCCCCCCCCCOCCOS(C)(=O)=O.[Zn]. The molecule has 0 radical (unpaired) electrons. The Morgan fingerprint density at radius 2 is 0.492 bits per heavy atom. The summed E-state index contributed by atoms with van der Waals surface area (Å²) in [6.45, 7) is 8.99. The molecule has 0 heterocycles. The zero-order chi connectivity index (χ0) is 45.3. The first kappa shape index (κ1) is 67.7.